The molecule has 7 rings (SSSR count). The minimum absolute atomic E-state index is 0.0528. The van der Waals surface area contributed by atoms with Crippen molar-refractivity contribution >= 4 is 67.3 Å². The van der Waals surface area contributed by atoms with E-state index in [1.165, 1.54) is 4.90 Å². The summed E-state index contributed by atoms with van der Waals surface area (Å²) < 4.78 is 40.4. The molecule has 2 saturated carbocycles. The number of nitrogens with one attached hydrogen (secondary N) is 2. The molecule has 3 fully saturated rings. The highest BCUT2D eigenvalue weighted by Crippen LogP contribution is 2.54. The van der Waals surface area contributed by atoms with Crippen molar-refractivity contribution in [2.75, 3.05) is 13.2 Å². The number of aryl methyl sites for hydroxylation is 2. The fraction of sp³-hybridized carbons (Fsp3) is 0.615. The van der Waals surface area contributed by atoms with Crippen LogP contribution >= 0.6 is 23.2 Å². The predicted octanol–water partition coefficient (Wildman–Crippen LogP) is 5.21. The van der Waals surface area contributed by atoms with E-state index in [9.17, 15) is 27.6 Å². The Kier molecular flexibility index (Phi) is 10.7. The number of ether oxygens (including phenoxy) is 2. The van der Waals surface area contributed by atoms with Crippen LogP contribution in [0.4, 0.5) is 4.79 Å². The van der Waals surface area contributed by atoms with E-state index in [0.717, 1.165) is 42.1 Å². The lowest BCUT2D eigenvalue weighted by Gasteiger charge is -2.36. The Hall–Kier alpha value is -3.46. The van der Waals surface area contributed by atoms with Crippen molar-refractivity contribution in [3.8, 4) is 5.75 Å². The summed E-state index contributed by atoms with van der Waals surface area (Å²) in [5, 5.41) is 4.41. The zero-order chi connectivity index (χ0) is 39.5. The molecule has 3 amide bonds. The monoisotopic (exact) mass is 817 g/mol. The molecule has 1 aromatic heterocycles. The van der Waals surface area contributed by atoms with Gasteiger partial charge in [0.25, 0.3) is 5.91 Å². The Labute approximate surface area is 331 Å². The van der Waals surface area contributed by atoms with Gasteiger partial charge in [-0.15, -0.1) is 0 Å². The number of halogens is 2. The normalized spacial score (nSPS) is 32.6. The van der Waals surface area contributed by atoms with Crippen LogP contribution in [0, 0.1) is 24.7 Å². The van der Waals surface area contributed by atoms with Gasteiger partial charge in [0.15, 0.2) is 0 Å². The summed E-state index contributed by atoms with van der Waals surface area (Å²) >= 11 is 11.7. The summed E-state index contributed by atoms with van der Waals surface area (Å²) in [5.41, 5.74) is 5.56. The predicted molar refractivity (Wildman–Crippen MR) is 207 cm³/mol. The lowest BCUT2D eigenvalue weighted by atomic mass is 9.87. The van der Waals surface area contributed by atoms with E-state index in [-0.39, 0.29) is 43.7 Å². The molecule has 5 aliphatic rings. The average Bonchev–Trinajstić information content (AvgIpc) is 3.97. The first-order chi connectivity index (χ1) is 26.0. The first-order valence-electron chi connectivity index (χ1n) is 19.2. The van der Waals surface area contributed by atoms with Gasteiger partial charge < -0.3 is 25.4 Å². The SMILES string of the molecule is Cc1nc2ccc(Cl)cc2c2c1OC1(CC2)CC2C(=O)NC3(C(=O)NS(=O)(=O)C4(C)CC4CC(C)COC(=O)Cl)CC3C=CCCCCCC(N)C(=O)N2C1. The third-order valence-corrected chi connectivity index (χ3v) is 15.0. The molecule has 8 unspecified atom stereocenters. The Morgan fingerprint density at radius 1 is 1.20 bits per heavy atom. The summed E-state index contributed by atoms with van der Waals surface area (Å²) in [6, 6.07) is 3.69. The number of aromatic nitrogens is 1. The van der Waals surface area contributed by atoms with Crippen LogP contribution in [0.1, 0.15) is 89.3 Å². The first-order valence-corrected chi connectivity index (χ1v) is 21.4. The van der Waals surface area contributed by atoms with Gasteiger partial charge in [-0.2, -0.15) is 0 Å². The van der Waals surface area contributed by atoms with Gasteiger partial charge in [-0.3, -0.25) is 19.1 Å². The topological polar surface area (TPSA) is 187 Å². The highest BCUT2D eigenvalue weighted by Gasteiger charge is 2.65. The highest BCUT2D eigenvalue weighted by molar-refractivity contribution is 7.91. The Morgan fingerprint density at radius 3 is 2.75 bits per heavy atom. The number of rotatable bonds is 7. The number of carbonyl (C=O) groups is 4. The van der Waals surface area contributed by atoms with Crippen LogP contribution in [0.25, 0.3) is 10.9 Å². The zero-order valence-electron chi connectivity index (χ0n) is 31.4. The fourth-order valence-electron chi connectivity index (χ4n) is 8.96. The van der Waals surface area contributed by atoms with Gasteiger partial charge in [0.2, 0.25) is 21.8 Å². The van der Waals surface area contributed by atoms with Crippen LogP contribution in [-0.4, -0.2) is 82.6 Å². The van der Waals surface area contributed by atoms with Crippen molar-refractivity contribution in [2.45, 2.75) is 119 Å². The first kappa shape index (κ1) is 39.8. The van der Waals surface area contributed by atoms with Crippen molar-refractivity contribution in [3.05, 3.63) is 46.6 Å². The smallest absolute Gasteiger partial charge is 0.403 e. The summed E-state index contributed by atoms with van der Waals surface area (Å²) in [5.74, 6) is -2.00. The molecule has 2 aromatic rings. The molecule has 4 heterocycles. The zero-order valence-corrected chi connectivity index (χ0v) is 33.7. The summed E-state index contributed by atoms with van der Waals surface area (Å²) in [4.78, 5) is 60.1. The Morgan fingerprint density at radius 2 is 1.98 bits per heavy atom. The number of nitrogens with zero attached hydrogens (tertiary/aromatic N) is 2. The number of carbonyl (C=O) groups excluding carboxylic acids is 4. The molecule has 8 atom stereocenters. The minimum atomic E-state index is -4.19. The van der Waals surface area contributed by atoms with Crippen molar-refractivity contribution in [3.63, 3.8) is 0 Å². The number of nitrogens with two attached hydrogens (primary N) is 1. The van der Waals surface area contributed by atoms with E-state index >= 15 is 0 Å². The number of amides is 3. The van der Waals surface area contributed by atoms with Gasteiger partial charge in [0.1, 0.15) is 22.9 Å². The number of pyridine rings is 1. The van der Waals surface area contributed by atoms with Crippen LogP contribution in [0.5, 0.6) is 5.75 Å². The maximum Gasteiger partial charge on any atom is 0.403 e. The number of sulfonamides is 1. The second-order valence-electron chi connectivity index (χ2n) is 16.6. The van der Waals surface area contributed by atoms with Crippen LogP contribution in [-0.2, 0) is 35.6 Å². The van der Waals surface area contributed by atoms with Crippen molar-refractivity contribution in [2.24, 2.45) is 23.5 Å². The third-order valence-electron chi connectivity index (χ3n) is 12.5. The van der Waals surface area contributed by atoms with E-state index in [1.54, 1.807) is 13.0 Å². The Bertz CT molecular complexity index is 2070. The number of hydrogen-bond donors (Lipinski definition) is 3. The molecule has 2 aliphatic carbocycles. The third kappa shape index (κ3) is 7.68. The highest BCUT2D eigenvalue weighted by atomic mass is 35.5. The van der Waals surface area contributed by atoms with E-state index in [1.807, 2.05) is 38.1 Å². The van der Waals surface area contributed by atoms with Gasteiger partial charge in [-0.05, 0) is 95.2 Å². The largest absolute Gasteiger partial charge is 0.483 e. The lowest BCUT2D eigenvalue weighted by molar-refractivity contribution is -0.140. The number of hydrogen-bond acceptors (Lipinski definition) is 10. The number of allylic oxidation sites excluding steroid dienone is 1. The van der Waals surface area contributed by atoms with Crippen molar-refractivity contribution in [1.82, 2.24) is 19.9 Å². The average molecular weight is 819 g/mol. The van der Waals surface area contributed by atoms with Crippen LogP contribution in [0.3, 0.4) is 0 Å². The molecule has 1 spiro atoms. The van der Waals surface area contributed by atoms with Gasteiger partial charge >= 0.3 is 5.43 Å². The summed E-state index contributed by atoms with van der Waals surface area (Å²) in [6.07, 6.45) is 9.71. The standard InChI is InChI=1S/C39H49Cl2N5O8S/c1-22(20-53-36(41)50)15-25-17-37(25,3)55(51,52)45-35(49)39-18-24(39)9-7-5-4-6-8-10-29(42)34(48)46-21-38(19-31(46)33(47)44-39)14-13-27-28-16-26(40)11-12-30(28)43-23(2)32(27)54-38/h7,9,11-12,16,22,24-25,29,31H,4-6,8,10,13-15,17-21,42H2,1-3H3,(H,44,47)(H,45,49). The van der Waals surface area contributed by atoms with Crippen LogP contribution in [0.15, 0.2) is 30.4 Å². The van der Waals surface area contributed by atoms with E-state index < -0.39 is 61.2 Å². The molecule has 4 N–H and O–H groups in total. The Balaban J connectivity index is 1.14. The van der Waals surface area contributed by atoms with Gasteiger partial charge in [0, 0.05) is 39.9 Å². The second kappa shape index (κ2) is 14.8. The fourth-order valence-corrected chi connectivity index (χ4v) is 10.8. The molecule has 55 heavy (non-hydrogen) atoms. The molecule has 298 valence electrons. The number of benzene rings is 1. The molecule has 16 heteroatoms. The molecular formula is C39H49Cl2N5O8S. The van der Waals surface area contributed by atoms with Crippen molar-refractivity contribution in [1.29, 1.82) is 0 Å². The second-order valence-corrected chi connectivity index (χ2v) is 19.5. The lowest BCUT2D eigenvalue weighted by Crippen LogP contribution is -2.58. The van der Waals surface area contributed by atoms with E-state index in [2.05, 4.69) is 10.0 Å². The van der Waals surface area contributed by atoms with Gasteiger partial charge in [-0.1, -0.05) is 43.5 Å². The van der Waals surface area contributed by atoms with E-state index in [0.29, 0.717) is 48.6 Å². The quantitative estimate of drug-likeness (QED) is 0.247. The molecule has 13 nitrogen and oxygen atoms in total. The maximum absolute atomic E-state index is 14.5. The molecule has 0 radical (unpaired) electrons. The molecule has 1 aromatic carbocycles. The summed E-state index contributed by atoms with van der Waals surface area (Å²) in [6.45, 7) is 5.46. The molecule has 1 saturated heterocycles. The minimum Gasteiger partial charge on any atom is -0.483 e. The molecular weight excluding hydrogens is 769 g/mol. The maximum atomic E-state index is 14.5. The van der Waals surface area contributed by atoms with Crippen LogP contribution in [0.2, 0.25) is 5.02 Å². The number of fused-ring (bicyclic) bond motifs is 5. The molecule has 3 aliphatic heterocycles. The molecule has 0 bridgehead atoms. The van der Waals surface area contributed by atoms with Gasteiger partial charge in [0.05, 0.1) is 35.2 Å². The van der Waals surface area contributed by atoms with Gasteiger partial charge in [-0.25, -0.2) is 18.2 Å². The van der Waals surface area contributed by atoms with Crippen LogP contribution < -0.4 is 20.5 Å². The summed E-state index contributed by atoms with van der Waals surface area (Å²) in [7, 11) is -4.19. The van der Waals surface area contributed by atoms with Crippen molar-refractivity contribution < 1.29 is 37.1 Å². The van der Waals surface area contributed by atoms with E-state index in [4.69, 9.17) is 43.4 Å².